The first-order chi connectivity index (χ1) is 10.8. The first-order valence-electron chi connectivity index (χ1n) is 9.00. The van der Waals surface area contributed by atoms with Crippen molar-refractivity contribution in [2.45, 2.75) is 78.6 Å². The number of rotatable bonds is 0. The zero-order valence-electron chi connectivity index (χ0n) is 18.5. The fraction of sp³-hybridized carbons (Fsp3) is 0.600. The van der Waals surface area contributed by atoms with Gasteiger partial charge in [0.2, 0.25) is 0 Å². The summed E-state index contributed by atoms with van der Waals surface area (Å²) >= 11 is -3.44. The van der Waals surface area contributed by atoms with Crippen molar-refractivity contribution < 1.29 is 0 Å². The summed E-state index contributed by atoms with van der Waals surface area (Å²) < 4.78 is 14.6. The predicted molar refractivity (Wildman–Crippen MR) is 130 cm³/mol. The molecule has 136 valence electrons. The van der Waals surface area contributed by atoms with Crippen molar-refractivity contribution >= 4 is 50.7 Å². The maximum absolute atomic E-state index is 3.66. The van der Waals surface area contributed by atoms with Crippen molar-refractivity contribution in [1.29, 1.82) is 0 Å². The van der Waals surface area contributed by atoms with Crippen molar-refractivity contribution in [1.82, 2.24) is 0 Å². The second-order valence-electron chi connectivity index (χ2n) is 10.8. The molecule has 0 aromatic rings. The van der Waals surface area contributed by atoms with E-state index >= 15 is 0 Å². The third-order valence-electron chi connectivity index (χ3n) is 2.50. The fourth-order valence-electron chi connectivity index (χ4n) is 1.31. The Morgan fingerprint density at radius 1 is 0.360 bits per heavy atom. The molecule has 25 heavy (non-hydrogen) atoms. The molecule has 0 amide bonds. The molecule has 0 heterocycles. The molecule has 0 fully saturated rings. The minimum atomic E-state index is -3.44. The zero-order valence-corrected chi connectivity index (χ0v) is 25.4. The second-order valence-corrected chi connectivity index (χ2v) is 36.9. The molecule has 0 atom stereocenters. The second kappa shape index (κ2) is 8.73. The van der Waals surface area contributed by atoms with E-state index in [0.29, 0.717) is 0 Å². The van der Waals surface area contributed by atoms with Gasteiger partial charge in [-0.15, -0.1) is 0 Å². The van der Waals surface area contributed by atoms with Gasteiger partial charge in [0.1, 0.15) is 0 Å². The van der Waals surface area contributed by atoms with Gasteiger partial charge in [-0.3, -0.25) is 0 Å². The van der Waals surface area contributed by atoms with Gasteiger partial charge in [-0.2, -0.15) is 0 Å². The van der Waals surface area contributed by atoms with Gasteiger partial charge in [0.25, 0.3) is 0 Å². The van der Waals surface area contributed by atoms with Gasteiger partial charge in [-0.1, -0.05) is 0 Å². The van der Waals surface area contributed by atoms with Crippen LogP contribution in [-0.2, 0) is 0 Å². The molecule has 0 aliphatic rings. The summed E-state index contributed by atoms with van der Waals surface area (Å²) in [5, 5.41) is 0. The molecule has 0 aliphatic carbocycles. The summed E-state index contributed by atoms with van der Waals surface area (Å²) in [6.45, 7) is 27.5. The Kier molecular flexibility index (Phi) is 8.70. The average Bonchev–Trinajstić information content (AvgIpc) is 2.33. The van der Waals surface area contributed by atoms with E-state index in [2.05, 4.69) is 116 Å². The van der Waals surface area contributed by atoms with Crippen LogP contribution in [0.2, 0.25) is 78.6 Å². The van der Waals surface area contributed by atoms with Gasteiger partial charge in [0.05, 0.1) is 0 Å². The van der Waals surface area contributed by atoms with E-state index in [0.717, 1.165) is 0 Å². The van der Waals surface area contributed by atoms with Crippen molar-refractivity contribution in [3.05, 3.63) is 0 Å². The third-order valence-corrected chi connectivity index (χ3v) is 14.6. The van der Waals surface area contributed by atoms with Crippen LogP contribution in [0, 0.1) is 37.9 Å². The summed E-state index contributed by atoms with van der Waals surface area (Å²) in [6, 6.07) is 0. The van der Waals surface area contributed by atoms with E-state index in [9.17, 15) is 0 Å². The van der Waals surface area contributed by atoms with E-state index in [1.165, 1.54) is 0 Å². The van der Waals surface area contributed by atoms with Gasteiger partial charge in [-0.25, -0.2) is 0 Å². The van der Waals surface area contributed by atoms with Crippen LogP contribution < -0.4 is 0 Å². The first-order valence-corrected chi connectivity index (χ1v) is 28.7. The summed E-state index contributed by atoms with van der Waals surface area (Å²) in [7, 11) is -5.88. The molecule has 0 rings (SSSR count). The Hall–Kier alpha value is -0.0938. The molecule has 0 unspecified atom stereocenters. The van der Waals surface area contributed by atoms with Gasteiger partial charge < -0.3 is 0 Å². The third kappa shape index (κ3) is 14.7. The molecule has 0 saturated carbocycles. The van der Waals surface area contributed by atoms with Gasteiger partial charge in [0.15, 0.2) is 0 Å². The molecule has 0 saturated heterocycles. The number of hydrogen-bond acceptors (Lipinski definition) is 0. The van der Waals surface area contributed by atoms with E-state index in [-0.39, 0.29) is 0 Å². The van der Waals surface area contributed by atoms with Crippen molar-refractivity contribution in [2.24, 2.45) is 0 Å². The predicted octanol–water partition coefficient (Wildman–Crippen LogP) is 5.12. The molecule has 0 nitrogen and oxygen atoms in total. The summed E-state index contributed by atoms with van der Waals surface area (Å²) in [4.78, 5) is 0. The van der Waals surface area contributed by atoms with E-state index in [4.69, 9.17) is 0 Å². The quantitative estimate of drug-likeness (QED) is 0.316. The summed E-state index contributed by atoms with van der Waals surface area (Å²) in [5.41, 5.74) is 14.4. The monoisotopic (exact) mass is 508 g/mol. The van der Waals surface area contributed by atoms with Crippen LogP contribution in [0.15, 0.2) is 0 Å². The molecule has 0 aliphatic heterocycles. The van der Waals surface area contributed by atoms with Crippen molar-refractivity contribution in [3.8, 4) is 37.9 Å². The Labute approximate surface area is 166 Å². The van der Waals surface area contributed by atoms with Crippen LogP contribution >= 0.6 is 0 Å². The Morgan fingerprint density at radius 3 is 0.640 bits per heavy atom. The average molecular weight is 508 g/mol. The van der Waals surface area contributed by atoms with Gasteiger partial charge in [-0.05, 0) is 0 Å². The molecular weight excluding hydrogens is 471 g/mol. The topological polar surface area (TPSA) is 0 Å². The van der Waals surface area contributed by atoms with Crippen LogP contribution in [0.3, 0.4) is 0 Å². The minimum absolute atomic E-state index is 1.47. The van der Waals surface area contributed by atoms with Gasteiger partial charge >= 0.3 is 167 Å². The van der Waals surface area contributed by atoms with Crippen LogP contribution in [0.4, 0.5) is 0 Å². The molecule has 0 bridgehead atoms. The standard InChI is InChI=1S/4C5H9Si.Sn/c4*1-5-6(2,3)4;/h4*2-4H3;. The summed E-state index contributed by atoms with van der Waals surface area (Å²) in [5.74, 6) is 0. The fourth-order valence-corrected chi connectivity index (χ4v) is 23.9. The maximum atomic E-state index is 3.66. The van der Waals surface area contributed by atoms with Crippen molar-refractivity contribution in [3.63, 3.8) is 0 Å². The first kappa shape index (κ1) is 24.9. The molecular formula is C20H36Si4Sn. The normalized spacial score (nSPS) is 12.3. The molecule has 0 aromatic heterocycles. The van der Waals surface area contributed by atoms with Gasteiger partial charge in [0, 0.05) is 0 Å². The van der Waals surface area contributed by atoms with Crippen LogP contribution in [-0.4, -0.2) is 50.7 Å². The SMILES string of the molecule is C[Si](C)(C)C#[C][Sn]([C]#C[Si](C)(C)C)([C]#C[Si](C)(C)C)[C]#C[Si](C)(C)C. The molecule has 5 heteroatoms. The Bertz CT molecular complexity index is 589. The molecule has 0 N–H and O–H groups in total. The molecule has 0 spiro atoms. The van der Waals surface area contributed by atoms with Crippen molar-refractivity contribution in [2.75, 3.05) is 0 Å². The number of hydrogen-bond donors (Lipinski definition) is 0. The van der Waals surface area contributed by atoms with Crippen LogP contribution in [0.5, 0.6) is 0 Å². The van der Waals surface area contributed by atoms with E-state index in [1.54, 1.807) is 0 Å². The Balaban J connectivity index is 6.66. The molecule has 0 aromatic carbocycles. The molecule has 0 radical (unpaired) electrons. The van der Waals surface area contributed by atoms with Crippen LogP contribution in [0.1, 0.15) is 0 Å². The summed E-state index contributed by atoms with van der Waals surface area (Å²) in [6.07, 6.45) is 0. The van der Waals surface area contributed by atoms with E-state index < -0.39 is 50.7 Å². The Morgan fingerprint density at radius 2 is 0.520 bits per heavy atom. The van der Waals surface area contributed by atoms with Crippen LogP contribution in [0.25, 0.3) is 0 Å². The zero-order chi connectivity index (χ0) is 20.2. The van der Waals surface area contributed by atoms with E-state index in [1.807, 2.05) is 0 Å².